The molecule has 0 aliphatic rings. The second-order valence-corrected chi connectivity index (χ2v) is 7.83. The molecule has 1 aromatic heterocycles. The van der Waals surface area contributed by atoms with E-state index in [0.29, 0.717) is 10.8 Å². The minimum Gasteiger partial charge on any atom is -0.467 e. The van der Waals surface area contributed by atoms with Crippen molar-refractivity contribution in [2.75, 3.05) is 10.6 Å². The van der Waals surface area contributed by atoms with E-state index in [4.69, 9.17) is 27.6 Å². The van der Waals surface area contributed by atoms with Gasteiger partial charge in [-0.2, -0.15) is 0 Å². The van der Waals surface area contributed by atoms with E-state index in [0.717, 1.165) is 10.6 Å². The normalized spacial score (nSPS) is 12.7. The number of anilines is 1. The third kappa shape index (κ3) is 4.43. The first-order valence-electron chi connectivity index (χ1n) is 6.94. The molecule has 1 aromatic carbocycles. The number of benzene rings is 1. The van der Waals surface area contributed by atoms with Gasteiger partial charge in [-0.25, -0.2) is 8.42 Å². The van der Waals surface area contributed by atoms with Gasteiger partial charge in [-0.3, -0.25) is 9.10 Å². The number of carbonyl (C=O) groups is 1. The predicted octanol–water partition coefficient (Wildman–Crippen LogP) is 3.06. The van der Waals surface area contributed by atoms with Gasteiger partial charge in [0.1, 0.15) is 11.8 Å². The summed E-state index contributed by atoms with van der Waals surface area (Å²) in [6.07, 6.45) is 2.49. The van der Waals surface area contributed by atoms with Crippen molar-refractivity contribution in [3.05, 3.63) is 52.4 Å². The smallest absolute Gasteiger partial charge is 0.243 e. The van der Waals surface area contributed by atoms with E-state index in [-0.39, 0.29) is 17.3 Å². The van der Waals surface area contributed by atoms with Crippen LogP contribution >= 0.6 is 23.2 Å². The second-order valence-electron chi connectivity index (χ2n) is 5.13. The molecule has 1 heterocycles. The third-order valence-corrected chi connectivity index (χ3v) is 5.03. The molecule has 6 nitrogen and oxygen atoms in total. The SMILES string of the molecule is CC(C(=O)NCc1ccco1)N(c1cc(Cl)ccc1Cl)S(C)(=O)=O. The molecule has 2 rings (SSSR count). The number of rotatable bonds is 6. The van der Waals surface area contributed by atoms with Gasteiger partial charge >= 0.3 is 0 Å². The van der Waals surface area contributed by atoms with Crippen LogP contribution in [0.5, 0.6) is 0 Å². The summed E-state index contributed by atoms with van der Waals surface area (Å²) >= 11 is 12.0. The molecule has 0 aliphatic heterocycles. The molecule has 0 aliphatic carbocycles. The van der Waals surface area contributed by atoms with Gasteiger partial charge in [0.25, 0.3) is 0 Å². The molecule has 0 bridgehead atoms. The largest absolute Gasteiger partial charge is 0.467 e. The Kier molecular flexibility index (Phi) is 5.79. The zero-order valence-corrected chi connectivity index (χ0v) is 15.3. The molecule has 1 amide bonds. The first kappa shape index (κ1) is 18.6. The summed E-state index contributed by atoms with van der Waals surface area (Å²) in [5, 5.41) is 3.11. The molecule has 9 heteroatoms. The highest BCUT2D eigenvalue weighted by atomic mass is 35.5. The van der Waals surface area contributed by atoms with Gasteiger partial charge in [-0.1, -0.05) is 23.2 Å². The van der Waals surface area contributed by atoms with Crippen molar-refractivity contribution in [1.82, 2.24) is 5.32 Å². The van der Waals surface area contributed by atoms with Gasteiger partial charge < -0.3 is 9.73 Å². The molecule has 0 saturated heterocycles. The Hall–Kier alpha value is -1.70. The van der Waals surface area contributed by atoms with Gasteiger partial charge in [0, 0.05) is 5.02 Å². The van der Waals surface area contributed by atoms with Crippen LogP contribution in [0.15, 0.2) is 41.0 Å². The molecule has 0 fully saturated rings. The Balaban J connectivity index is 2.27. The van der Waals surface area contributed by atoms with Crippen LogP contribution < -0.4 is 9.62 Å². The van der Waals surface area contributed by atoms with Crippen molar-refractivity contribution in [2.45, 2.75) is 19.5 Å². The highest BCUT2D eigenvalue weighted by Gasteiger charge is 2.30. The van der Waals surface area contributed by atoms with E-state index in [9.17, 15) is 13.2 Å². The molecule has 1 N–H and O–H groups in total. The zero-order chi connectivity index (χ0) is 17.9. The lowest BCUT2D eigenvalue weighted by Gasteiger charge is -2.29. The topological polar surface area (TPSA) is 79.6 Å². The van der Waals surface area contributed by atoms with Crippen LogP contribution in [0.4, 0.5) is 5.69 Å². The molecule has 0 saturated carbocycles. The summed E-state index contributed by atoms with van der Waals surface area (Å²) in [6.45, 7) is 1.62. The Morgan fingerprint density at radius 1 is 1.33 bits per heavy atom. The molecule has 130 valence electrons. The molecular formula is C15H16Cl2N2O4S. The standard InChI is InChI=1S/C15H16Cl2N2O4S/c1-10(15(20)18-9-12-4-3-7-23-12)19(24(2,21)22)14-8-11(16)5-6-13(14)17/h3-8,10H,9H2,1-2H3,(H,18,20). The van der Waals surface area contributed by atoms with Crippen molar-refractivity contribution in [3.8, 4) is 0 Å². The number of nitrogens with one attached hydrogen (secondary N) is 1. The molecule has 1 unspecified atom stereocenters. The van der Waals surface area contributed by atoms with Gasteiger partial charge in [0.15, 0.2) is 0 Å². The summed E-state index contributed by atoms with van der Waals surface area (Å²) in [7, 11) is -3.77. The van der Waals surface area contributed by atoms with Crippen molar-refractivity contribution in [3.63, 3.8) is 0 Å². The van der Waals surface area contributed by atoms with E-state index < -0.39 is 22.0 Å². The monoisotopic (exact) mass is 390 g/mol. The van der Waals surface area contributed by atoms with Crippen LogP contribution in [-0.2, 0) is 21.4 Å². The minimum atomic E-state index is -3.77. The quantitative estimate of drug-likeness (QED) is 0.821. The number of nitrogens with zero attached hydrogens (tertiary/aromatic N) is 1. The van der Waals surface area contributed by atoms with E-state index in [1.165, 1.54) is 31.4 Å². The molecule has 1 atom stereocenters. The van der Waals surface area contributed by atoms with Gasteiger partial charge in [-0.05, 0) is 37.3 Å². The molecule has 24 heavy (non-hydrogen) atoms. The van der Waals surface area contributed by atoms with Crippen LogP contribution in [0.3, 0.4) is 0 Å². The number of carbonyl (C=O) groups excluding carboxylic acids is 1. The van der Waals surface area contributed by atoms with Crippen molar-refractivity contribution < 1.29 is 17.6 Å². The predicted molar refractivity (Wildman–Crippen MR) is 93.8 cm³/mol. The van der Waals surface area contributed by atoms with Crippen LogP contribution in [0.1, 0.15) is 12.7 Å². The Bertz CT molecular complexity index is 822. The van der Waals surface area contributed by atoms with Gasteiger partial charge in [-0.15, -0.1) is 0 Å². The van der Waals surface area contributed by atoms with Crippen LogP contribution in [0.2, 0.25) is 10.0 Å². The number of halogens is 2. The Morgan fingerprint density at radius 2 is 2.04 bits per heavy atom. The molecular weight excluding hydrogens is 375 g/mol. The Morgan fingerprint density at radius 3 is 2.62 bits per heavy atom. The van der Waals surface area contributed by atoms with Crippen molar-refractivity contribution >= 4 is 44.8 Å². The molecule has 2 aromatic rings. The summed E-state index contributed by atoms with van der Waals surface area (Å²) in [4.78, 5) is 12.4. The van der Waals surface area contributed by atoms with E-state index >= 15 is 0 Å². The lowest BCUT2D eigenvalue weighted by molar-refractivity contribution is -0.122. The summed E-state index contributed by atoms with van der Waals surface area (Å²) in [5.41, 5.74) is 0.146. The highest BCUT2D eigenvalue weighted by Crippen LogP contribution is 2.32. The fourth-order valence-corrected chi connectivity index (χ4v) is 3.77. The van der Waals surface area contributed by atoms with E-state index in [1.54, 1.807) is 12.1 Å². The molecule has 0 spiro atoms. The lowest BCUT2D eigenvalue weighted by atomic mass is 10.2. The van der Waals surface area contributed by atoms with Gasteiger partial charge in [0.05, 0.1) is 29.8 Å². The highest BCUT2D eigenvalue weighted by molar-refractivity contribution is 7.92. The first-order valence-corrected chi connectivity index (χ1v) is 9.55. The lowest BCUT2D eigenvalue weighted by Crippen LogP contribution is -2.47. The second kappa shape index (κ2) is 7.46. The summed E-state index contributed by atoms with van der Waals surface area (Å²) in [5.74, 6) is 0.0649. The van der Waals surface area contributed by atoms with Gasteiger partial charge in [0.2, 0.25) is 15.9 Å². The fourth-order valence-electron chi connectivity index (χ4n) is 2.17. The average molecular weight is 391 g/mol. The minimum absolute atomic E-state index is 0.146. The van der Waals surface area contributed by atoms with Crippen LogP contribution in [0.25, 0.3) is 0 Å². The number of furan rings is 1. The summed E-state index contributed by atoms with van der Waals surface area (Å²) < 4.78 is 30.5. The zero-order valence-electron chi connectivity index (χ0n) is 13.0. The number of amides is 1. The maximum atomic E-state index is 12.4. The Labute approximate surface area is 150 Å². The maximum Gasteiger partial charge on any atom is 0.243 e. The molecule has 0 radical (unpaired) electrons. The van der Waals surface area contributed by atoms with E-state index in [2.05, 4.69) is 5.32 Å². The average Bonchev–Trinajstić information content (AvgIpc) is 3.00. The number of hydrogen-bond acceptors (Lipinski definition) is 4. The first-order chi connectivity index (χ1) is 11.2. The number of hydrogen-bond donors (Lipinski definition) is 1. The summed E-state index contributed by atoms with van der Waals surface area (Å²) in [6, 6.07) is 6.79. The van der Waals surface area contributed by atoms with Crippen LogP contribution in [0, 0.1) is 0 Å². The van der Waals surface area contributed by atoms with Crippen molar-refractivity contribution in [1.29, 1.82) is 0 Å². The van der Waals surface area contributed by atoms with Crippen molar-refractivity contribution in [2.24, 2.45) is 0 Å². The fraction of sp³-hybridized carbons (Fsp3) is 0.267. The van der Waals surface area contributed by atoms with Crippen LogP contribution in [-0.4, -0.2) is 26.6 Å². The van der Waals surface area contributed by atoms with E-state index in [1.807, 2.05) is 0 Å². The third-order valence-electron chi connectivity index (χ3n) is 3.25. The maximum absolute atomic E-state index is 12.4. The number of sulfonamides is 1.